The number of furan rings is 1. The zero-order valence-electron chi connectivity index (χ0n) is 11.3. The van der Waals surface area contributed by atoms with Gasteiger partial charge in [0.2, 0.25) is 0 Å². The standard InChI is InChI=1S/C11H12N4O7/c1-11(18,9(12)16)7-5-14(10(17)22-7)13-4-6-2-3-8(21-6)15(19)20/h2-4,7,18H,5H2,1H3,(H2,12,16). The number of nitro groups is 1. The van der Waals surface area contributed by atoms with Crippen LogP contribution in [0, 0.1) is 10.1 Å². The van der Waals surface area contributed by atoms with Gasteiger partial charge in [-0.2, -0.15) is 10.1 Å². The van der Waals surface area contributed by atoms with E-state index >= 15 is 0 Å². The summed E-state index contributed by atoms with van der Waals surface area (Å²) in [6.07, 6.45) is -1.01. The number of carbonyl (C=O) groups is 2. The lowest BCUT2D eigenvalue weighted by Crippen LogP contribution is -2.52. The third kappa shape index (κ3) is 2.88. The van der Waals surface area contributed by atoms with E-state index in [1.54, 1.807) is 0 Å². The molecule has 118 valence electrons. The summed E-state index contributed by atoms with van der Waals surface area (Å²) in [6, 6.07) is 2.42. The number of nitrogens with two attached hydrogens (primary N) is 1. The molecule has 11 heteroatoms. The lowest BCUT2D eigenvalue weighted by Gasteiger charge is -2.23. The van der Waals surface area contributed by atoms with Crippen LogP contribution in [0.25, 0.3) is 0 Å². The fourth-order valence-corrected chi connectivity index (χ4v) is 1.63. The Morgan fingerprint density at radius 3 is 2.91 bits per heavy atom. The molecule has 11 nitrogen and oxygen atoms in total. The first-order chi connectivity index (χ1) is 10.2. The number of carbonyl (C=O) groups excluding carboxylic acids is 2. The van der Waals surface area contributed by atoms with Crippen molar-refractivity contribution >= 4 is 24.1 Å². The Morgan fingerprint density at radius 2 is 2.36 bits per heavy atom. The summed E-state index contributed by atoms with van der Waals surface area (Å²) in [5, 5.41) is 24.9. The molecule has 2 rings (SSSR count). The highest BCUT2D eigenvalue weighted by Crippen LogP contribution is 2.22. The number of nitrogens with zero attached hydrogens (tertiary/aromatic N) is 3. The molecule has 2 amide bonds. The molecule has 2 atom stereocenters. The maximum atomic E-state index is 11.6. The van der Waals surface area contributed by atoms with E-state index in [-0.39, 0.29) is 12.3 Å². The minimum absolute atomic E-state index is 0.0459. The number of aliphatic hydroxyl groups is 1. The molecule has 0 radical (unpaired) electrons. The quantitative estimate of drug-likeness (QED) is 0.423. The van der Waals surface area contributed by atoms with Gasteiger partial charge < -0.3 is 20.0 Å². The summed E-state index contributed by atoms with van der Waals surface area (Å²) in [6.45, 7) is 0.907. The number of hydrogen-bond donors (Lipinski definition) is 2. The van der Waals surface area contributed by atoms with Gasteiger partial charge in [-0.25, -0.2) is 4.79 Å². The summed E-state index contributed by atoms with van der Waals surface area (Å²) in [4.78, 5) is 32.4. The average molecular weight is 312 g/mol. The second-order valence-corrected chi connectivity index (χ2v) is 4.64. The molecule has 1 fully saturated rings. The van der Waals surface area contributed by atoms with E-state index in [9.17, 15) is 24.8 Å². The minimum Gasteiger partial charge on any atom is -0.439 e. The van der Waals surface area contributed by atoms with Crippen molar-refractivity contribution in [1.82, 2.24) is 5.01 Å². The average Bonchev–Trinajstić information content (AvgIpc) is 3.03. The second-order valence-electron chi connectivity index (χ2n) is 4.64. The summed E-state index contributed by atoms with van der Waals surface area (Å²) in [5.41, 5.74) is 2.98. The van der Waals surface area contributed by atoms with Crippen molar-refractivity contribution < 1.29 is 28.8 Å². The fraction of sp³-hybridized carbons (Fsp3) is 0.364. The van der Waals surface area contributed by atoms with Crippen molar-refractivity contribution in [3.8, 4) is 0 Å². The first-order valence-corrected chi connectivity index (χ1v) is 6.00. The van der Waals surface area contributed by atoms with E-state index in [2.05, 4.69) is 5.10 Å². The lowest BCUT2D eigenvalue weighted by molar-refractivity contribution is -0.402. The summed E-state index contributed by atoms with van der Waals surface area (Å²) in [5.74, 6) is -1.47. The van der Waals surface area contributed by atoms with Crippen LogP contribution in [0.15, 0.2) is 21.7 Å². The first kappa shape index (κ1) is 15.4. The number of ether oxygens (including phenoxy) is 1. The van der Waals surface area contributed by atoms with Crippen molar-refractivity contribution in [1.29, 1.82) is 0 Å². The van der Waals surface area contributed by atoms with Crippen LogP contribution in [0.5, 0.6) is 0 Å². The molecule has 0 saturated carbocycles. The van der Waals surface area contributed by atoms with Crippen LogP contribution in [0.2, 0.25) is 0 Å². The third-order valence-electron chi connectivity index (χ3n) is 3.04. The zero-order chi connectivity index (χ0) is 16.5. The van der Waals surface area contributed by atoms with Gasteiger partial charge in [0.05, 0.1) is 18.8 Å². The monoisotopic (exact) mass is 312 g/mol. The molecule has 0 aliphatic carbocycles. The Kier molecular flexibility index (Phi) is 3.82. The topological polar surface area (TPSA) is 161 Å². The molecule has 1 aromatic rings. The molecule has 0 bridgehead atoms. The number of hydrazone groups is 1. The van der Waals surface area contributed by atoms with Crippen LogP contribution in [0.4, 0.5) is 10.7 Å². The highest BCUT2D eigenvalue weighted by molar-refractivity contribution is 5.85. The highest BCUT2D eigenvalue weighted by Gasteiger charge is 2.47. The summed E-state index contributed by atoms with van der Waals surface area (Å²) in [7, 11) is 0. The molecule has 2 unspecified atom stereocenters. The van der Waals surface area contributed by atoms with Gasteiger partial charge in [0.1, 0.15) is 4.92 Å². The molecule has 3 N–H and O–H groups in total. The molecule has 2 heterocycles. The van der Waals surface area contributed by atoms with Gasteiger partial charge in [-0.05, 0) is 13.0 Å². The van der Waals surface area contributed by atoms with Gasteiger partial charge in [-0.3, -0.25) is 14.9 Å². The van der Waals surface area contributed by atoms with Crippen LogP contribution in [0.3, 0.4) is 0 Å². The van der Waals surface area contributed by atoms with E-state index in [4.69, 9.17) is 14.9 Å². The van der Waals surface area contributed by atoms with Crippen LogP contribution in [0.1, 0.15) is 12.7 Å². The van der Waals surface area contributed by atoms with E-state index in [1.165, 1.54) is 6.07 Å². The van der Waals surface area contributed by atoms with Crippen molar-refractivity contribution in [2.75, 3.05) is 6.54 Å². The second kappa shape index (κ2) is 5.44. The Hall–Kier alpha value is -2.95. The predicted octanol–water partition coefficient (Wildman–Crippen LogP) is -0.421. The largest absolute Gasteiger partial charge is 0.439 e. The SMILES string of the molecule is CC(O)(C(N)=O)C1CN(N=Cc2ccc([N+](=O)[O-])o2)C(=O)O1. The third-order valence-corrected chi connectivity index (χ3v) is 3.04. The predicted molar refractivity (Wildman–Crippen MR) is 69.7 cm³/mol. The fourth-order valence-electron chi connectivity index (χ4n) is 1.63. The minimum atomic E-state index is -2.04. The summed E-state index contributed by atoms with van der Waals surface area (Å²) >= 11 is 0. The molecule has 1 aromatic heterocycles. The number of primary amides is 1. The smallest absolute Gasteiger partial charge is 0.433 e. The molecular formula is C11H12N4O7. The Labute approximate surface area is 123 Å². The van der Waals surface area contributed by atoms with E-state index in [1.807, 2.05) is 0 Å². The number of rotatable bonds is 5. The normalized spacial score (nSPS) is 20.9. The molecule has 22 heavy (non-hydrogen) atoms. The van der Waals surface area contributed by atoms with E-state index < -0.39 is 34.5 Å². The molecule has 0 spiro atoms. The Bertz CT molecular complexity index is 651. The lowest BCUT2D eigenvalue weighted by atomic mass is 9.99. The van der Waals surface area contributed by atoms with Crippen molar-refractivity contribution in [2.24, 2.45) is 10.8 Å². The van der Waals surface area contributed by atoms with E-state index in [0.717, 1.165) is 24.2 Å². The summed E-state index contributed by atoms with van der Waals surface area (Å²) < 4.78 is 9.64. The number of hydrogen-bond acceptors (Lipinski definition) is 8. The van der Waals surface area contributed by atoms with Crippen LogP contribution in [-0.2, 0) is 9.53 Å². The molecule has 1 aliphatic heterocycles. The van der Waals surface area contributed by atoms with Crippen molar-refractivity contribution in [3.63, 3.8) is 0 Å². The van der Waals surface area contributed by atoms with Crippen LogP contribution < -0.4 is 5.73 Å². The first-order valence-electron chi connectivity index (χ1n) is 6.00. The zero-order valence-corrected chi connectivity index (χ0v) is 11.3. The maximum absolute atomic E-state index is 11.6. The molecule has 0 aromatic carbocycles. The van der Waals surface area contributed by atoms with Gasteiger partial charge in [-0.1, -0.05) is 0 Å². The molecule has 1 saturated heterocycles. The Balaban J connectivity index is 2.07. The van der Waals surface area contributed by atoms with Gasteiger partial charge in [0.25, 0.3) is 5.91 Å². The van der Waals surface area contributed by atoms with Gasteiger partial charge >= 0.3 is 12.0 Å². The van der Waals surface area contributed by atoms with Crippen LogP contribution in [-0.4, -0.2) is 51.5 Å². The van der Waals surface area contributed by atoms with Gasteiger partial charge in [0.15, 0.2) is 17.5 Å². The molecule has 1 aliphatic rings. The van der Waals surface area contributed by atoms with E-state index in [0.29, 0.717) is 0 Å². The van der Waals surface area contributed by atoms with Crippen molar-refractivity contribution in [3.05, 3.63) is 28.0 Å². The number of cyclic esters (lactones) is 1. The van der Waals surface area contributed by atoms with Gasteiger partial charge in [-0.15, -0.1) is 0 Å². The number of amides is 2. The highest BCUT2D eigenvalue weighted by atomic mass is 16.6. The van der Waals surface area contributed by atoms with Crippen molar-refractivity contribution in [2.45, 2.75) is 18.6 Å². The van der Waals surface area contributed by atoms with Crippen LogP contribution >= 0.6 is 0 Å². The van der Waals surface area contributed by atoms with Gasteiger partial charge in [0, 0.05) is 0 Å². The Morgan fingerprint density at radius 1 is 1.68 bits per heavy atom. The molecular weight excluding hydrogens is 300 g/mol. The maximum Gasteiger partial charge on any atom is 0.433 e.